The second kappa shape index (κ2) is 6.58. The molecule has 1 aromatic heterocycles. The van der Waals surface area contributed by atoms with Crippen molar-refractivity contribution < 1.29 is 14.0 Å². The van der Waals surface area contributed by atoms with Crippen molar-refractivity contribution in [2.75, 3.05) is 27.4 Å². The molecule has 0 atom stereocenters. The van der Waals surface area contributed by atoms with Crippen LogP contribution in [-0.2, 0) is 29.0 Å². The van der Waals surface area contributed by atoms with Gasteiger partial charge in [0.25, 0.3) is 5.82 Å². The number of imidazole rings is 1. The first-order valence-corrected chi connectivity index (χ1v) is 5.38. The standard InChI is InChI=1S/C11H21N2O2/c1-4-12-6-7-13(8-10-15-3)11(12)5-9-14-2/h6-7H,4-5,8-10H2,1-3H3/q+1. The topological polar surface area (TPSA) is 27.3 Å². The van der Waals surface area contributed by atoms with Crippen molar-refractivity contribution >= 4 is 0 Å². The van der Waals surface area contributed by atoms with Crippen molar-refractivity contribution in [1.29, 1.82) is 0 Å². The van der Waals surface area contributed by atoms with E-state index in [4.69, 9.17) is 9.47 Å². The summed E-state index contributed by atoms with van der Waals surface area (Å²) in [5.74, 6) is 1.30. The molecular weight excluding hydrogens is 192 g/mol. The van der Waals surface area contributed by atoms with Gasteiger partial charge in [0.2, 0.25) is 0 Å². The summed E-state index contributed by atoms with van der Waals surface area (Å²) in [5.41, 5.74) is 0. The van der Waals surface area contributed by atoms with Crippen LogP contribution in [0.2, 0.25) is 0 Å². The van der Waals surface area contributed by atoms with Crippen LogP contribution >= 0.6 is 0 Å². The molecule has 0 unspecified atom stereocenters. The van der Waals surface area contributed by atoms with E-state index in [0.29, 0.717) is 0 Å². The fraction of sp³-hybridized carbons (Fsp3) is 0.727. The molecule has 0 aromatic carbocycles. The summed E-state index contributed by atoms with van der Waals surface area (Å²) < 4.78 is 14.7. The van der Waals surface area contributed by atoms with Crippen LogP contribution < -0.4 is 4.57 Å². The third kappa shape index (κ3) is 3.32. The molecule has 0 radical (unpaired) electrons. The normalized spacial score (nSPS) is 10.9. The van der Waals surface area contributed by atoms with Gasteiger partial charge in [0, 0.05) is 14.2 Å². The Morgan fingerprint density at radius 2 is 2.00 bits per heavy atom. The Bertz CT molecular complexity index is 284. The van der Waals surface area contributed by atoms with Crippen molar-refractivity contribution in [2.24, 2.45) is 0 Å². The highest BCUT2D eigenvalue weighted by molar-refractivity contribution is 4.84. The van der Waals surface area contributed by atoms with Crippen LogP contribution in [0.3, 0.4) is 0 Å². The lowest BCUT2D eigenvalue weighted by Crippen LogP contribution is -2.36. The number of ether oxygens (including phenoxy) is 2. The minimum Gasteiger partial charge on any atom is -0.384 e. The van der Waals surface area contributed by atoms with Crippen LogP contribution in [0, 0.1) is 0 Å². The van der Waals surface area contributed by atoms with E-state index in [1.807, 2.05) is 0 Å². The molecular formula is C11H21N2O2+. The van der Waals surface area contributed by atoms with Crippen molar-refractivity contribution in [3.8, 4) is 0 Å². The summed E-state index contributed by atoms with van der Waals surface area (Å²) >= 11 is 0. The molecule has 1 rings (SSSR count). The maximum atomic E-state index is 5.12. The second-order valence-electron chi connectivity index (χ2n) is 3.43. The van der Waals surface area contributed by atoms with E-state index in [1.54, 1.807) is 14.2 Å². The zero-order valence-electron chi connectivity index (χ0n) is 9.90. The van der Waals surface area contributed by atoms with Crippen molar-refractivity contribution in [1.82, 2.24) is 4.57 Å². The van der Waals surface area contributed by atoms with Gasteiger partial charge in [-0.05, 0) is 6.92 Å². The van der Waals surface area contributed by atoms with Gasteiger partial charge in [0.1, 0.15) is 18.9 Å². The summed E-state index contributed by atoms with van der Waals surface area (Å²) in [5, 5.41) is 0. The number of hydrogen-bond acceptors (Lipinski definition) is 2. The Hall–Kier alpha value is -0.870. The number of aromatic nitrogens is 2. The fourth-order valence-electron chi connectivity index (χ4n) is 1.66. The van der Waals surface area contributed by atoms with Crippen LogP contribution in [0.1, 0.15) is 12.7 Å². The molecule has 0 aliphatic heterocycles. The van der Waals surface area contributed by atoms with E-state index in [0.717, 1.165) is 32.7 Å². The van der Waals surface area contributed by atoms with Gasteiger partial charge in [-0.25, -0.2) is 9.13 Å². The third-order valence-corrected chi connectivity index (χ3v) is 2.50. The number of nitrogens with zero attached hydrogens (tertiary/aromatic N) is 2. The average Bonchev–Trinajstić information content (AvgIpc) is 2.65. The van der Waals surface area contributed by atoms with E-state index in [9.17, 15) is 0 Å². The molecule has 86 valence electrons. The number of rotatable bonds is 7. The Kier molecular flexibility index (Phi) is 5.36. The van der Waals surface area contributed by atoms with Gasteiger partial charge in [-0.15, -0.1) is 0 Å². The molecule has 15 heavy (non-hydrogen) atoms. The molecule has 4 nitrogen and oxygen atoms in total. The highest BCUT2D eigenvalue weighted by atomic mass is 16.5. The second-order valence-corrected chi connectivity index (χ2v) is 3.43. The number of hydrogen-bond donors (Lipinski definition) is 0. The Morgan fingerprint density at radius 1 is 1.27 bits per heavy atom. The Labute approximate surface area is 91.4 Å². The minimum atomic E-state index is 0.748. The minimum absolute atomic E-state index is 0.748. The van der Waals surface area contributed by atoms with Gasteiger partial charge >= 0.3 is 0 Å². The largest absolute Gasteiger partial charge is 0.384 e. The van der Waals surface area contributed by atoms with Crippen LogP contribution in [-0.4, -0.2) is 32.0 Å². The lowest BCUT2D eigenvalue weighted by atomic mass is 10.4. The molecule has 1 aromatic rings. The highest BCUT2D eigenvalue weighted by Crippen LogP contribution is 1.98. The summed E-state index contributed by atoms with van der Waals surface area (Å²) in [4.78, 5) is 0. The van der Waals surface area contributed by atoms with E-state index in [1.165, 1.54) is 5.82 Å². The quantitative estimate of drug-likeness (QED) is 0.621. The van der Waals surface area contributed by atoms with Crippen LogP contribution in [0.4, 0.5) is 0 Å². The highest BCUT2D eigenvalue weighted by Gasteiger charge is 2.14. The molecule has 0 N–H and O–H groups in total. The lowest BCUT2D eigenvalue weighted by molar-refractivity contribution is -0.700. The lowest BCUT2D eigenvalue weighted by Gasteiger charge is -2.03. The summed E-state index contributed by atoms with van der Waals surface area (Å²) in [6, 6.07) is 0. The van der Waals surface area contributed by atoms with Crippen LogP contribution in [0.15, 0.2) is 12.4 Å². The van der Waals surface area contributed by atoms with Crippen molar-refractivity contribution in [2.45, 2.75) is 26.4 Å². The molecule has 4 heteroatoms. The first-order valence-electron chi connectivity index (χ1n) is 5.38. The van der Waals surface area contributed by atoms with Gasteiger partial charge in [-0.1, -0.05) is 0 Å². The molecule has 0 amide bonds. The van der Waals surface area contributed by atoms with E-state index >= 15 is 0 Å². The first-order chi connectivity index (χ1) is 7.33. The first kappa shape index (κ1) is 12.2. The maximum absolute atomic E-state index is 5.12. The maximum Gasteiger partial charge on any atom is 0.258 e. The van der Waals surface area contributed by atoms with Crippen molar-refractivity contribution in [3.05, 3.63) is 18.2 Å². The molecule has 0 saturated carbocycles. The van der Waals surface area contributed by atoms with Gasteiger partial charge in [-0.2, -0.15) is 0 Å². The average molecular weight is 213 g/mol. The fourth-order valence-corrected chi connectivity index (χ4v) is 1.66. The van der Waals surface area contributed by atoms with Gasteiger partial charge in [0.15, 0.2) is 0 Å². The zero-order valence-corrected chi connectivity index (χ0v) is 9.90. The molecule has 0 saturated heterocycles. The van der Waals surface area contributed by atoms with Crippen LogP contribution in [0.25, 0.3) is 0 Å². The van der Waals surface area contributed by atoms with Gasteiger partial charge < -0.3 is 9.47 Å². The number of aryl methyl sites for hydroxylation is 1. The summed E-state index contributed by atoms with van der Waals surface area (Å²) in [6.45, 7) is 5.56. The predicted octanol–water partition coefficient (Wildman–Crippen LogP) is 0.631. The Morgan fingerprint density at radius 3 is 2.60 bits per heavy atom. The molecule has 0 aliphatic carbocycles. The number of methoxy groups -OCH3 is 2. The Balaban J connectivity index is 2.70. The smallest absolute Gasteiger partial charge is 0.258 e. The SMILES string of the molecule is CC[n+]1ccn(CCOC)c1CCOC. The molecule has 0 bridgehead atoms. The predicted molar refractivity (Wildman–Crippen MR) is 57.8 cm³/mol. The van der Waals surface area contributed by atoms with E-state index in [-0.39, 0.29) is 0 Å². The third-order valence-electron chi connectivity index (χ3n) is 2.50. The molecule has 1 heterocycles. The van der Waals surface area contributed by atoms with E-state index < -0.39 is 0 Å². The molecule has 0 aliphatic rings. The summed E-state index contributed by atoms with van der Waals surface area (Å²) in [7, 11) is 3.46. The van der Waals surface area contributed by atoms with Crippen molar-refractivity contribution in [3.63, 3.8) is 0 Å². The molecule has 0 spiro atoms. The van der Waals surface area contributed by atoms with Gasteiger partial charge in [0.05, 0.1) is 26.2 Å². The monoisotopic (exact) mass is 213 g/mol. The molecule has 0 fully saturated rings. The zero-order chi connectivity index (χ0) is 11.1. The van der Waals surface area contributed by atoms with Gasteiger partial charge in [-0.3, -0.25) is 0 Å². The van der Waals surface area contributed by atoms with Crippen LogP contribution in [0.5, 0.6) is 0 Å². The van der Waals surface area contributed by atoms with E-state index in [2.05, 4.69) is 28.5 Å². The summed E-state index contributed by atoms with van der Waals surface area (Å²) in [6.07, 6.45) is 5.16.